The Labute approximate surface area is 85.5 Å². The number of nitrogens with one attached hydrogen (secondary N) is 1. The summed E-state index contributed by atoms with van der Waals surface area (Å²) in [5.74, 6) is -0.287. The molecular formula is C9H7ClN2O2. The van der Waals surface area contributed by atoms with E-state index in [0.717, 1.165) is 0 Å². The highest BCUT2D eigenvalue weighted by atomic mass is 35.5. The lowest BCUT2D eigenvalue weighted by Gasteiger charge is -2.12. The molecule has 0 saturated carbocycles. The summed E-state index contributed by atoms with van der Waals surface area (Å²) in [7, 11) is 0. The molecule has 1 saturated heterocycles. The maximum absolute atomic E-state index is 11.2. The zero-order valence-electron chi connectivity index (χ0n) is 7.16. The fourth-order valence-electron chi connectivity index (χ4n) is 1.27. The summed E-state index contributed by atoms with van der Waals surface area (Å²) in [6.07, 6.45) is 0. The maximum Gasteiger partial charge on any atom is 0.329 e. The van der Waals surface area contributed by atoms with E-state index in [4.69, 9.17) is 11.6 Å². The number of imide groups is 1. The number of anilines is 1. The molecule has 1 aromatic rings. The van der Waals surface area contributed by atoms with Crippen LogP contribution in [0.25, 0.3) is 0 Å². The molecule has 1 aliphatic heterocycles. The van der Waals surface area contributed by atoms with Crippen LogP contribution >= 0.6 is 11.6 Å². The first-order valence-corrected chi connectivity index (χ1v) is 4.41. The minimum atomic E-state index is -0.391. The monoisotopic (exact) mass is 210 g/mol. The van der Waals surface area contributed by atoms with Gasteiger partial charge in [-0.05, 0) is 24.3 Å². The molecule has 0 bridgehead atoms. The van der Waals surface area contributed by atoms with Crippen molar-refractivity contribution in [3.05, 3.63) is 29.3 Å². The molecule has 72 valence electrons. The molecular weight excluding hydrogens is 204 g/mol. The van der Waals surface area contributed by atoms with Crippen molar-refractivity contribution in [1.82, 2.24) is 5.32 Å². The highest BCUT2D eigenvalue weighted by Gasteiger charge is 2.27. The number of amides is 3. The number of carbonyl (C=O) groups is 2. The summed E-state index contributed by atoms with van der Waals surface area (Å²) in [6, 6.07) is 6.35. The van der Waals surface area contributed by atoms with Crippen LogP contribution in [-0.2, 0) is 4.79 Å². The number of halogens is 1. The minimum Gasteiger partial charge on any atom is -0.285 e. The average molecular weight is 211 g/mol. The molecule has 0 unspecified atom stereocenters. The maximum atomic E-state index is 11.2. The van der Waals surface area contributed by atoms with Crippen LogP contribution < -0.4 is 10.2 Å². The van der Waals surface area contributed by atoms with Crippen LogP contribution in [0.4, 0.5) is 10.5 Å². The molecule has 0 spiro atoms. The standard InChI is InChI=1S/C9H7ClN2O2/c10-6-1-3-7(4-2-6)12-5-8(13)11-9(12)14/h1-4H,5H2,(H,11,13,14). The number of carbonyl (C=O) groups excluding carboxylic acids is 2. The van der Waals surface area contributed by atoms with Gasteiger partial charge in [0.15, 0.2) is 0 Å². The number of hydrogen-bond donors (Lipinski definition) is 1. The predicted molar refractivity (Wildman–Crippen MR) is 52.3 cm³/mol. The van der Waals surface area contributed by atoms with Gasteiger partial charge in [0.1, 0.15) is 6.54 Å². The number of rotatable bonds is 1. The highest BCUT2D eigenvalue weighted by molar-refractivity contribution is 6.30. The van der Waals surface area contributed by atoms with Crippen molar-refractivity contribution >= 4 is 29.2 Å². The van der Waals surface area contributed by atoms with Crippen LogP contribution in [0, 0.1) is 0 Å². The van der Waals surface area contributed by atoms with E-state index >= 15 is 0 Å². The van der Waals surface area contributed by atoms with Crippen LogP contribution in [0.1, 0.15) is 0 Å². The zero-order valence-corrected chi connectivity index (χ0v) is 7.91. The molecule has 2 rings (SSSR count). The molecule has 0 radical (unpaired) electrons. The molecule has 0 aliphatic carbocycles. The molecule has 1 aliphatic rings. The van der Waals surface area contributed by atoms with Crippen molar-refractivity contribution in [1.29, 1.82) is 0 Å². The second-order valence-corrected chi connectivity index (χ2v) is 3.35. The first-order valence-electron chi connectivity index (χ1n) is 4.04. The molecule has 14 heavy (non-hydrogen) atoms. The lowest BCUT2D eigenvalue weighted by Crippen LogP contribution is -2.27. The van der Waals surface area contributed by atoms with Crippen LogP contribution in [0.5, 0.6) is 0 Å². The molecule has 3 amide bonds. The van der Waals surface area contributed by atoms with E-state index in [-0.39, 0.29) is 12.5 Å². The van der Waals surface area contributed by atoms with Crippen LogP contribution in [0.2, 0.25) is 5.02 Å². The van der Waals surface area contributed by atoms with E-state index in [1.54, 1.807) is 24.3 Å². The lowest BCUT2D eigenvalue weighted by atomic mass is 10.3. The van der Waals surface area contributed by atoms with Crippen LogP contribution in [0.15, 0.2) is 24.3 Å². The number of benzene rings is 1. The normalized spacial score (nSPS) is 15.9. The fraction of sp³-hybridized carbons (Fsp3) is 0.111. The predicted octanol–water partition coefficient (Wildman–Crippen LogP) is 1.40. The van der Waals surface area contributed by atoms with Gasteiger partial charge in [0.05, 0.1) is 0 Å². The van der Waals surface area contributed by atoms with Gasteiger partial charge in [-0.2, -0.15) is 0 Å². The van der Waals surface area contributed by atoms with Gasteiger partial charge in [-0.1, -0.05) is 11.6 Å². The number of nitrogens with zero attached hydrogens (tertiary/aromatic N) is 1. The van der Waals surface area contributed by atoms with Gasteiger partial charge in [-0.25, -0.2) is 4.79 Å². The first kappa shape index (κ1) is 9.02. The largest absolute Gasteiger partial charge is 0.329 e. The van der Waals surface area contributed by atoms with Gasteiger partial charge in [0.25, 0.3) is 0 Å². The van der Waals surface area contributed by atoms with Gasteiger partial charge in [-0.3, -0.25) is 15.0 Å². The summed E-state index contributed by atoms with van der Waals surface area (Å²) in [4.78, 5) is 23.5. The topological polar surface area (TPSA) is 49.4 Å². The Bertz CT molecular complexity index is 388. The van der Waals surface area contributed by atoms with Crippen molar-refractivity contribution < 1.29 is 9.59 Å². The lowest BCUT2D eigenvalue weighted by molar-refractivity contribution is -0.117. The molecule has 1 fully saturated rings. The summed E-state index contributed by atoms with van der Waals surface area (Å²) in [6.45, 7) is 0.0699. The minimum absolute atomic E-state index is 0.0699. The van der Waals surface area contributed by atoms with E-state index in [9.17, 15) is 9.59 Å². The number of urea groups is 1. The van der Waals surface area contributed by atoms with E-state index in [0.29, 0.717) is 10.7 Å². The summed E-state index contributed by atoms with van der Waals surface area (Å²) >= 11 is 5.70. The van der Waals surface area contributed by atoms with E-state index in [2.05, 4.69) is 5.32 Å². The average Bonchev–Trinajstić information content (AvgIpc) is 2.47. The Balaban J connectivity index is 2.27. The van der Waals surface area contributed by atoms with Crippen molar-refractivity contribution in [2.75, 3.05) is 11.4 Å². The van der Waals surface area contributed by atoms with Crippen molar-refractivity contribution in [3.8, 4) is 0 Å². The first-order chi connectivity index (χ1) is 6.66. The summed E-state index contributed by atoms with van der Waals surface area (Å²) in [5, 5.41) is 2.79. The van der Waals surface area contributed by atoms with Crippen molar-refractivity contribution in [3.63, 3.8) is 0 Å². The molecule has 0 atom stereocenters. The Hall–Kier alpha value is -1.55. The van der Waals surface area contributed by atoms with Gasteiger partial charge in [0, 0.05) is 10.7 Å². The SMILES string of the molecule is O=C1CN(c2ccc(Cl)cc2)C(=O)N1. The van der Waals surface area contributed by atoms with Gasteiger partial charge in [0.2, 0.25) is 5.91 Å². The summed E-state index contributed by atoms with van der Waals surface area (Å²) < 4.78 is 0. The molecule has 1 aromatic carbocycles. The third-order valence-corrected chi connectivity index (χ3v) is 2.18. The third kappa shape index (κ3) is 1.56. The summed E-state index contributed by atoms with van der Waals surface area (Å²) in [5.41, 5.74) is 0.665. The van der Waals surface area contributed by atoms with Gasteiger partial charge < -0.3 is 0 Å². The van der Waals surface area contributed by atoms with E-state index in [1.165, 1.54) is 4.90 Å². The number of hydrogen-bond acceptors (Lipinski definition) is 2. The molecule has 1 heterocycles. The fourth-order valence-corrected chi connectivity index (χ4v) is 1.40. The zero-order chi connectivity index (χ0) is 10.1. The quantitative estimate of drug-likeness (QED) is 0.713. The Morgan fingerprint density at radius 2 is 1.86 bits per heavy atom. The second-order valence-electron chi connectivity index (χ2n) is 2.92. The van der Waals surface area contributed by atoms with E-state index in [1.807, 2.05) is 0 Å². The highest BCUT2D eigenvalue weighted by Crippen LogP contribution is 2.19. The van der Waals surface area contributed by atoms with Gasteiger partial charge in [-0.15, -0.1) is 0 Å². The Morgan fingerprint density at radius 3 is 2.36 bits per heavy atom. The third-order valence-electron chi connectivity index (χ3n) is 1.93. The van der Waals surface area contributed by atoms with Crippen LogP contribution in [0.3, 0.4) is 0 Å². The van der Waals surface area contributed by atoms with Crippen LogP contribution in [-0.4, -0.2) is 18.5 Å². The second kappa shape index (κ2) is 3.31. The van der Waals surface area contributed by atoms with Gasteiger partial charge >= 0.3 is 6.03 Å². The Morgan fingerprint density at radius 1 is 1.21 bits per heavy atom. The smallest absolute Gasteiger partial charge is 0.285 e. The molecule has 1 N–H and O–H groups in total. The molecule has 0 aromatic heterocycles. The van der Waals surface area contributed by atoms with Crippen molar-refractivity contribution in [2.24, 2.45) is 0 Å². The molecule has 4 nitrogen and oxygen atoms in total. The Kier molecular flexibility index (Phi) is 2.13. The van der Waals surface area contributed by atoms with Crippen molar-refractivity contribution in [2.45, 2.75) is 0 Å². The molecule has 5 heteroatoms. The van der Waals surface area contributed by atoms with E-state index < -0.39 is 6.03 Å².